The molecule has 1 aliphatic heterocycles. The van der Waals surface area contributed by atoms with E-state index in [2.05, 4.69) is 20.3 Å². The maximum atomic E-state index is 13.3. The summed E-state index contributed by atoms with van der Waals surface area (Å²) >= 11 is 0. The Hall–Kier alpha value is -4.31. The molecule has 1 amide bonds. The highest BCUT2D eigenvalue weighted by molar-refractivity contribution is 7.93. The van der Waals surface area contributed by atoms with Gasteiger partial charge in [-0.15, -0.1) is 0 Å². The van der Waals surface area contributed by atoms with Crippen molar-refractivity contribution in [2.24, 2.45) is 4.99 Å². The van der Waals surface area contributed by atoms with Gasteiger partial charge in [-0.1, -0.05) is 36.4 Å². The normalized spacial score (nSPS) is 15.9. The molecule has 0 bridgehead atoms. The molecule has 5 rings (SSSR count). The number of pyridine rings is 1. The van der Waals surface area contributed by atoms with Gasteiger partial charge in [0.25, 0.3) is 5.91 Å². The number of nitrogens with zero attached hydrogens (tertiary/aromatic N) is 2. The number of fused-ring (bicyclic) bond motifs is 1. The van der Waals surface area contributed by atoms with Gasteiger partial charge in [-0.3, -0.25) is 19.5 Å². The molecular weight excluding hydrogens is 529 g/mol. The number of anilines is 1. The van der Waals surface area contributed by atoms with Gasteiger partial charge < -0.3 is 10.6 Å². The van der Waals surface area contributed by atoms with Gasteiger partial charge in [-0.25, -0.2) is 12.8 Å². The smallest absolute Gasteiger partial charge is 0.251 e. The van der Waals surface area contributed by atoms with Crippen molar-refractivity contribution in [1.82, 2.24) is 15.6 Å². The number of nitrogens with one attached hydrogen (secondary N) is 3. The molecule has 4 aromatic rings. The molecule has 0 saturated heterocycles. The Morgan fingerprint density at radius 2 is 1.73 bits per heavy atom. The number of sulfonamides is 1. The van der Waals surface area contributed by atoms with Gasteiger partial charge in [0.05, 0.1) is 17.3 Å². The number of aliphatic imine (C=N–C) groups is 1. The first kappa shape index (κ1) is 27.3. The first-order valence-corrected chi connectivity index (χ1v) is 14.5. The lowest BCUT2D eigenvalue weighted by molar-refractivity contribution is 0.0939. The summed E-state index contributed by atoms with van der Waals surface area (Å²) in [4.78, 5) is 22.7. The summed E-state index contributed by atoms with van der Waals surface area (Å²) in [6.45, 7) is 5.42. The fourth-order valence-electron chi connectivity index (χ4n) is 4.43. The topological polar surface area (TPSA) is 113 Å². The van der Waals surface area contributed by atoms with Gasteiger partial charge in [0.15, 0.2) is 0 Å². The molecule has 3 N–H and O–H groups in total. The first-order chi connectivity index (χ1) is 19.1. The van der Waals surface area contributed by atoms with E-state index in [4.69, 9.17) is 4.99 Å². The minimum absolute atomic E-state index is 0.276. The lowest BCUT2D eigenvalue weighted by Gasteiger charge is -2.18. The Labute approximate surface area is 232 Å². The Morgan fingerprint density at radius 3 is 2.45 bits per heavy atom. The number of amidine groups is 1. The number of halogens is 1. The molecule has 0 aliphatic carbocycles. The van der Waals surface area contributed by atoms with Crippen LogP contribution >= 0.6 is 0 Å². The van der Waals surface area contributed by atoms with Crippen molar-refractivity contribution in [1.29, 1.82) is 0 Å². The van der Waals surface area contributed by atoms with Gasteiger partial charge in [-0.05, 0) is 73.7 Å². The summed E-state index contributed by atoms with van der Waals surface area (Å²) in [7, 11) is -3.66. The summed E-state index contributed by atoms with van der Waals surface area (Å²) in [5.41, 5.74) is 2.67. The van der Waals surface area contributed by atoms with Crippen molar-refractivity contribution in [2.75, 3.05) is 11.3 Å². The summed E-state index contributed by atoms with van der Waals surface area (Å²) in [6.07, 6.45) is 1.80. The first-order valence-electron chi connectivity index (χ1n) is 13.0. The number of carbonyl (C=O) groups is 1. The molecule has 2 atom stereocenters. The van der Waals surface area contributed by atoms with E-state index >= 15 is 0 Å². The fourth-order valence-corrected chi connectivity index (χ4v) is 5.12. The molecular formula is C30H30FN5O3S. The van der Waals surface area contributed by atoms with Crippen LogP contribution in [0.25, 0.3) is 10.8 Å². The Bertz CT molecular complexity index is 1700. The molecule has 1 aliphatic rings. The van der Waals surface area contributed by atoms with Crippen LogP contribution in [0.2, 0.25) is 0 Å². The van der Waals surface area contributed by atoms with Crippen molar-refractivity contribution in [3.05, 3.63) is 107 Å². The van der Waals surface area contributed by atoms with Crippen molar-refractivity contribution in [3.8, 4) is 0 Å². The molecule has 2 heterocycles. The van der Waals surface area contributed by atoms with Gasteiger partial charge in [-0.2, -0.15) is 0 Å². The van der Waals surface area contributed by atoms with Crippen LogP contribution in [-0.2, 0) is 10.0 Å². The van der Waals surface area contributed by atoms with Crippen LogP contribution in [0.3, 0.4) is 0 Å². The molecule has 1 aromatic heterocycles. The van der Waals surface area contributed by atoms with Crippen molar-refractivity contribution >= 4 is 38.2 Å². The molecule has 0 fully saturated rings. The SMILES string of the molecule is CC(C)S(=O)(=O)Nc1cc(C(=O)N[C@H](C)c2ccc(F)cc2)cc(C2CNC(c3cc4ccccc4cn3)=N2)c1. The molecule has 3 aromatic carbocycles. The van der Waals surface area contributed by atoms with Crippen molar-refractivity contribution in [2.45, 2.75) is 38.1 Å². The third-order valence-electron chi connectivity index (χ3n) is 6.82. The number of carbonyl (C=O) groups excluding carboxylic acids is 1. The Balaban J connectivity index is 1.46. The standard InChI is InChI=1S/C30H30FN5O3S/c1-18(2)40(38,39)36-26-13-23(12-24(14-26)30(37)34-19(3)20-8-10-25(31)11-9-20)28-17-33-29(35-28)27-15-21-6-4-5-7-22(21)16-32-27/h4-16,18-19,28,36H,17H2,1-3H3,(H,33,35)(H,34,37)/t19-,28?/m1/s1. The minimum atomic E-state index is -3.66. The number of aromatic nitrogens is 1. The quantitative estimate of drug-likeness (QED) is 0.278. The molecule has 10 heteroatoms. The van der Waals surface area contributed by atoms with Crippen LogP contribution in [0.4, 0.5) is 10.1 Å². The lowest BCUT2D eigenvalue weighted by atomic mass is 10.0. The third kappa shape index (κ3) is 5.96. The van der Waals surface area contributed by atoms with Gasteiger partial charge in [0.2, 0.25) is 10.0 Å². The molecule has 8 nitrogen and oxygen atoms in total. The number of rotatable bonds is 8. The number of benzene rings is 3. The zero-order valence-corrected chi connectivity index (χ0v) is 23.2. The van der Waals surface area contributed by atoms with Crippen LogP contribution in [0.15, 0.2) is 84.0 Å². The monoisotopic (exact) mass is 559 g/mol. The Kier molecular flexibility index (Phi) is 7.53. The lowest BCUT2D eigenvalue weighted by Crippen LogP contribution is -2.27. The summed E-state index contributed by atoms with van der Waals surface area (Å²) in [6, 6.07) is 19.9. The highest BCUT2D eigenvalue weighted by Crippen LogP contribution is 2.28. The highest BCUT2D eigenvalue weighted by Gasteiger charge is 2.24. The van der Waals surface area contributed by atoms with Gasteiger partial charge in [0.1, 0.15) is 17.3 Å². The van der Waals surface area contributed by atoms with E-state index in [1.807, 2.05) is 30.3 Å². The maximum Gasteiger partial charge on any atom is 0.251 e. The molecule has 0 radical (unpaired) electrons. The second-order valence-electron chi connectivity index (χ2n) is 10.1. The van der Waals surface area contributed by atoms with Gasteiger partial charge >= 0.3 is 0 Å². The third-order valence-corrected chi connectivity index (χ3v) is 8.58. The highest BCUT2D eigenvalue weighted by atomic mass is 32.2. The summed E-state index contributed by atoms with van der Waals surface area (Å²) in [5, 5.41) is 7.61. The Morgan fingerprint density at radius 1 is 1.00 bits per heavy atom. The predicted molar refractivity (Wildman–Crippen MR) is 155 cm³/mol. The fraction of sp³-hybridized carbons (Fsp3) is 0.233. The van der Waals surface area contributed by atoms with Crippen LogP contribution in [0, 0.1) is 5.82 Å². The van der Waals surface area contributed by atoms with Crippen molar-refractivity contribution < 1.29 is 17.6 Å². The molecule has 206 valence electrons. The predicted octanol–water partition coefficient (Wildman–Crippen LogP) is 5.11. The molecule has 40 heavy (non-hydrogen) atoms. The van der Waals surface area contributed by atoms with E-state index in [9.17, 15) is 17.6 Å². The van der Waals surface area contributed by atoms with Crippen LogP contribution in [-0.4, -0.2) is 36.9 Å². The summed E-state index contributed by atoms with van der Waals surface area (Å²) in [5.74, 6) is -0.129. The van der Waals surface area contributed by atoms with E-state index in [1.54, 1.807) is 51.2 Å². The van der Waals surface area contributed by atoms with Crippen LogP contribution in [0.1, 0.15) is 60.0 Å². The van der Waals surface area contributed by atoms with Crippen LogP contribution < -0.4 is 15.4 Å². The average molecular weight is 560 g/mol. The van der Waals surface area contributed by atoms with Gasteiger partial charge in [0, 0.05) is 29.4 Å². The van der Waals surface area contributed by atoms with Crippen LogP contribution in [0.5, 0.6) is 0 Å². The molecule has 1 unspecified atom stereocenters. The van der Waals surface area contributed by atoms with E-state index in [1.165, 1.54) is 18.2 Å². The van der Waals surface area contributed by atoms with E-state index < -0.39 is 27.2 Å². The second-order valence-corrected chi connectivity index (χ2v) is 12.3. The zero-order valence-electron chi connectivity index (χ0n) is 22.4. The average Bonchev–Trinajstić information content (AvgIpc) is 3.43. The summed E-state index contributed by atoms with van der Waals surface area (Å²) < 4.78 is 41.3. The maximum absolute atomic E-state index is 13.3. The second kappa shape index (κ2) is 11.1. The van der Waals surface area contributed by atoms with Crippen molar-refractivity contribution in [3.63, 3.8) is 0 Å². The molecule has 0 spiro atoms. The number of amides is 1. The number of hydrogen-bond acceptors (Lipinski definition) is 6. The zero-order chi connectivity index (χ0) is 28.4. The molecule has 0 saturated carbocycles. The minimum Gasteiger partial charge on any atom is -0.366 e. The van der Waals surface area contributed by atoms with E-state index in [0.29, 0.717) is 23.6 Å². The number of hydrogen-bond donors (Lipinski definition) is 3. The van der Waals surface area contributed by atoms with E-state index in [-0.39, 0.29) is 23.1 Å². The largest absolute Gasteiger partial charge is 0.366 e. The van der Waals surface area contributed by atoms with E-state index in [0.717, 1.165) is 16.3 Å².